The summed E-state index contributed by atoms with van der Waals surface area (Å²) in [6.07, 6.45) is 3.52. The summed E-state index contributed by atoms with van der Waals surface area (Å²) in [7, 11) is 1.83. The summed E-state index contributed by atoms with van der Waals surface area (Å²) in [5, 5.41) is 3.70. The van der Waals surface area contributed by atoms with E-state index in [2.05, 4.69) is 15.3 Å². The van der Waals surface area contributed by atoms with E-state index in [0.29, 0.717) is 0 Å². The molecule has 88 valence electrons. The van der Waals surface area contributed by atoms with E-state index in [-0.39, 0.29) is 0 Å². The van der Waals surface area contributed by atoms with Crippen LogP contribution in [-0.4, -0.2) is 17.0 Å². The Kier molecular flexibility index (Phi) is 4.23. The van der Waals surface area contributed by atoms with Gasteiger partial charge in [0.25, 0.3) is 0 Å². The molecule has 5 heteroatoms. The van der Waals surface area contributed by atoms with Crippen molar-refractivity contribution < 1.29 is 0 Å². The van der Waals surface area contributed by atoms with Crippen molar-refractivity contribution in [2.75, 3.05) is 12.4 Å². The van der Waals surface area contributed by atoms with Gasteiger partial charge in [0.15, 0.2) is 0 Å². The Labute approximate surface area is 110 Å². The molecule has 0 saturated carbocycles. The normalized spacial score (nSPS) is 10.2. The topological polar surface area (TPSA) is 37.8 Å². The van der Waals surface area contributed by atoms with Crippen LogP contribution in [0.2, 0.25) is 5.02 Å². The monoisotopic (exact) mass is 265 g/mol. The number of halogens is 1. The number of aromatic nitrogens is 2. The number of benzene rings is 1. The highest BCUT2D eigenvalue weighted by Crippen LogP contribution is 2.23. The number of anilines is 1. The van der Waals surface area contributed by atoms with Gasteiger partial charge in [0.05, 0.1) is 18.1 Å². The van der Waals surface area contributed by atoms with E-state index in [1.54, 1.807) is 24.2 Å². The second-order valence-corrected chi connectivity index (χ2v) is 4.87. The minimum Gasteiger partial charge on any atom is -0.372 e. The van der Waals surface area contributed by atoms with Gasteiger partial charge in [-0.1, -0.05) is 11.6 Å². The fourth-order valence-electron chi connectivity index (χ4n) is 1.25. The maximum atomic E-state index is 5.82. The first kappa shape index (κ1) is 12.2. The molecule has 0 atom stereocenters. The van der Waals surface area contributed by atoms with Gasteiger partial charge in [-0.15, -0.1) is 11.8 Å². The van der Waals surface area contributed by atoms with Crippen molar-refractivity contribution in [1.29, 1.82) is 0 Å². The molecule has 0 aliphatic carbocycles. The Morgan fingerprint density at radius 1 is 1.18 bits per heavy atom. The molecular weight excluding hydrogens is 254 g/mol. The third kappa shape index (κ3) is 3.61. The van der Waals surface area contributed by atoms with Gasteiger partial charge in [-0.2, -0.15) is 0 Å². The fourth-order valence-corrected chi connectivity index (χ4v) is 2.16. The second-order valence-electron chi connectivity index (χ2n) is 3.39. The number of rotatable bonds is 4. The zero-order valence-electron chi connectivity index (χ0n) is 9.35. The average molecular weight is 266 g/mol. The number of hydrogen-bond donors (Lipinski definition) is 1. The van der Waals surface area contributed by atoms with E-state index in [0.717, 1.165) is 22.3 Å². The van der Waals surface area contributed by atoms with Crippen LogP contribution in [0, 0.1) is 0 Å². The lowest BCUT2D eigenvalue weighted by Crippen LogP contribution is -1.95. The lowest BCUT2D eigenvalue weighted by molar-refractivity contribution is 1.10. The molecule has 0 saturated heterocycles. The van der Waals surface area contributed by atoms with Crippen LogP contribution in [0.25, 0.3) is 0 Å². The van der Waals surface area contributed by atoms with Gasteiger partial charge in [0.2, 0.25) is 0 Å². The van der Waals surface area contributed by atoms with Gasteiger partial charge in [0.1, 0.15) is 5.82 Å². The van der Waals surface area contributed by atoms with E-state index in [1.165, 1.54) is 4.90 Å². The van der Waals surface area contributed by atoms with Crippen LogP contribution in [-0.2, 0) is 5.75 Å². The smallest absolute Gasteiger partial charge is 0.144 e. The molecule has 0 unspecified atom stereocenters. The molecule has 0 fully saturated rings. The highest BCUT2D eigenvalue weighted by molar-refractivity contribution is 7.98. The molecule has 1 aromatic carbocycles. The highest BCUT2D eigenvalue weighted by Gasteiger charge is 1.99. The maximum Gasteiger partial charge on any atom is 0.144 e. The third-order valence-corrected chi connectivity index (χ3v) is 3.46. The zero-order valence-corrected chi connectivity index (χ0v) is 10.9. The fraction of sp³-hybridized carbons (Fsp3) is 0.167. The van der Waals surface area contributed by atoms with Crippen LogP contribution in [0.1, 0.15) is 5.69 Å². The van der Waals surface area contributed by atoms with Crippen molar-refractivity contribution in [3.63, 3.8) is 0 Å². The first-order valence-corrected chi connectivity index (χ1v) is 6.51. The Morgan fingerprint density at radius 3 is 2.53 bits per heavy atom. The van der Waals surface area contributed by atoms with Gasteiger partial charge in [0, 0.05) is 22.7 Å². The van der Waals surface area contributed by atoms with Crippen LogP contribution < -0.4 is 5.32 Å². The largest absolute Gasteiger partial charge is 0.372 e. The predicted octanol–water partition coefficient (Wildman–Crippen LogP) is 3.46. The standard InChI is InChI=1S/C12H12ClN3S/c1-14-12-7-15-10(6-16-12)8-17-11-4-2-9(13)3-5-11/h2-7H,8H2,1H3,(H,14,16). The SMILES string of the molecule is CNc1cnc(CSc2ccc(Cl)cc2)cn1. The first-order chi connectivity index (χ1) is 8.28. The molecule has 3 nitrogen and oxygen atoms in total. The van der Waals surface area contributed by atoms with Gasteiger partial charge in [-0.05, 0) is 24.3 Å². The number of hydrogen-bond acceptors (Lipinski definition) is 4. The summed E-state index contributed by atoms with van der Waals surface area (Å²) >= 11 is 7.54. The molecular formula is C12H12ClN3S. The molecule has 1 aromatic heterocycles. The minimum absolute atomic E-state index is 0.757. The molecule has 0 aliphatic rings. The van der Waals surface area contributed by atoms with Crippen molar-refractivity contribution in [3.8, 4) is 0 Å². The third-order valence-electron chi connectivity index (χ3n) is 2.16. The molecule has 0 spiro atoms. The van der Waals surface area contributed by atoms with Crippen molar-refractivity contribution in [3.05, 3.63) is 47.4 Å². The summed E-state index contributed by atoms with van der Waals surface area (Å²) in [4.78, 5) is 9.70. The minimum atomic E-state index is 0.757. The molecule has 17 heavy (non-hydrogen) atoms. The zero-order chi connectivity index (χ0) is 12.1. The molecule has 0 radical (unpaired) electrons. The van der Waals surface area contributed by atoms with Crippen LogP contribution in [0.3, 0.4) is 0 Å². The summed E-state index contributed by atoms with van der Waals surface area (Å²) in [5.41, 5.74) is 0.962. The van der Waals surface area contributed by atoms with Crippen molar-refractivity contribution in [2.24, 2.45) is 0 Å². The van der Waals surface area contributed by atoms with E-state index < -0.39 is 0 Å². The lowest BCUT2D eigenvalue weighted by Gasteiger charge is -2.02. The Bertz CT molecular complexity index is 470. The van der Waals surface area contributed by atoms with Crippen molar-refractivity contribution in [1.82, 2.24) is 9.97 Å². The van der Waals surface area contributed by atoms with Crippen LogP contribution in [0.4, 0.5) is 5.82 Å². The van der Waals surface area contributed by atoms with Gasteiger partial charge in [-0.25, -0.2) is 4.98 Å². The number of nitrogens with one attached hydrogen (secondary N) is 1. The van der Waals surface area contributed by atoms with Crippen LogP contribution in [0.5, 0.6) is 0 Å². The first-order valence-electron chi connectivity index (χ1n) is 5.15. The average Bonchev–Trinajstić information content (AvgIpc) is 2.39. The number of thioether (sulfide) groups is 1. The highest BCUT2D eigenvalue weighted by atomic mass is 35.5. The molecule has 0 amide bonds. The summed E-state index contributed by atoms with van der Waals surface area (Å²) in [5.74, 6) is 1.59. The molecule has 1 heterocycles. The Hall–Kier alpha value is -1.26. The van der Waals surface area contributed by atoms with Gasteiger partial charge >= 0.3 is 0 Å². The predicted molar refractivity (Wildman–Crippen MR) is 72.6 cm³/mol. The molecule has 2 rings (SSSR count). The van der Waals surface area contributed by atoms with Gasteiger partial charge in [-0.3, -0.25) is 4.98 Å². The van der Waals surface area contributed by atoms with E-state index in [4.69, 9.17) is 11.6 Å². The van der Waals surface area contributed by atoms with Crippen LogP contribution >= 0.6 is 23.4 Å². The molecule has 0 aliphatic heterocycles. The van der Waals surface area contributed by atoms with E-state index >= 15 is 0 Å². The summed E-state index contributed by atoms with van der Waals surface area (Å²) < 4.78 is 0. The summed E-state index contributed by atoms with van der Waals surface area (Å²) in [6, 6.07) is 7.78. The molecule has 2 aromatic rings. The summed E-state index contributed by atoms with van der Waals surface area (Å²) in [6.45, 7) is 0. The Balaban J connectivity index is 1.95. The number of nitrogens with zero attached hydrogens (tertiary/aromatic N) is 2. The maximum absolute atomic E-state index is 5.82. The lowest BCUT2D eigenvalue weighted by atomic mass is 10.4. The Morgan fingerprint density at radius 2 is 1.94 bits per heavy atom. The van der Waals surface area contributed by atoms with Gasteiger partial charge < -0.3 is 5.32 Å². The second kappa shape index (κ2) is 5.89. The van der Waals surface area contributed by atoms with E-state index in [9.17, 15) is 0 Å². The molecule has 1 N–H and O–H groups in total. The van der Waals surface area contributed by atoms with Crippen molar-refractivity contribution >= 4 is 29.2 Å². The van der Waals surface area contributed by atoms with E-state index in [1.807, 2.05) is 31.3 Å². The van der Waals surface area contributed by atoms with Crippen molar-refractivity contribution in [2.45, 2.75) is 10.6 Å². The molecule has 0 bridgehead atoms. The van der Waals surface area contributed by atoms with Crippen LogP contribution in [0.15, 0.2) is 41.6 Å². The quantitative estimate of drug-likeness (QED) is 0.859.